The largest absolute Gasteiger partial charge is 0.254 e. The molecule has 2 nitrogen and oxygen atoms in total. The van der Waals surface area contributed by atoms with Crippen LogP contribution in [0.15, 0.2) is 29.2 Å². The highest BCUT2D eigenvalue weighted by Crippen LogP contribution is 2.13. The fourth-order valence-corrected chi connectivity index (χ4v) is 2.38. The molecule has 1 aromatic rings. The molecule has 1 rings (SSSR count). The first-order chi connectivity index (χ1) is 7.25. The first-order valence-electron chi connectivity index (χ1n) is 4.75. The molecule has 0 aromatic heterocycles. The Bertz CT molecular complexity index is 386. The minimum Gasteiger partial charge on any atom is -0.254 e. The number of benzene rings is 1. The third-order valence-electron chi connectivity index (χ3n) is 1.95. The minimum absolute atomic E-state index is 0.259. The lowest BCUT2D eigenvalue weighted by Crippen LogP contribution is -2.00. The van der Waals surface area contributed by atoms with Crippen LogP contribution in [0.5, 0.6) is 0 Å². The van der Waals surface area contributed by atoms with Crippen molar-refractivity contribution in [1.29, 1.82) is 5.26 Å². The fraction of sp³-hybridized carbons (Fsp3) is 0.364. The molecule has 0 saturated carbocycles. The molecule has 4 heteroatoms. The van der Waals surface area contributed by atoms with Gasteiger partial charge in [-0.2, -0.15) is 5.26 Å². The summed E-state index contributed by atoms with van der Waals surface area (Å²) < 4.78 is 24.8. The Kier molecular flexibility index (Phi) is 4.99. The van der Waals surface area contributed by atoms with Gasteiger partial charge in [-0.05, 0) is 25.0 Å². The molecular weight excluding hydrogens is 213 g/mol. The van der Waals surface area contributed by atoms with Crippen LogP contribution in [0.4, 0.5) is 4.39 Å². The molecule has 1 atom stereocenters. The van der Waals surface area contributed by atoms with Crippen molar-refractivity contribution in [3.05, 3.63) is 30.1 Å². The summed E-state index contributed by atoms with van der Waals surface area (Å²) in [5.41, 5.74) is 0. The Hall–Kier alpha value is -1.21. The monoisotopic (exact) mass is 225 g/mol. The highest BCUT2D eigenvalue weighted by Gasteiger charge is 2.08. The lowest BCUT2D eigenvalue weighted by Gasteiger charge is -2.02. The normalized spacial score (nSPS) is 12.0. The van der Waals surface area contributed by atoms with Crippen molar-refractivity contribution in [3.63, 3.8) is 0 Å². The molecule has 0 bridgehead atoms. The Balaban J connectivity index is 2.48. The van der Waals surface area contributed by atoms with Crippen LogP contribution in [0, 0.1) is 17.1 Å². The van der Waals surface area contributed by atoms with Gasteiger partial charge in [0.2, 0.25) is 0 Å². The fourth-order valence-electron chi connectivity index (χ4n) is 1.18. The number of rotatable bonds is 5. The molecule has 0 radical (unpaired) electrons. The molecule has 0 aliphatic heterocycles. The summed E-state index contributed by atoms with van der Waals surface area (Å²) in [6.45, 7) is 0. The van der Waals surface area contributed by atoms with E-state index in [4.69, 9.17) is 5.26 Å². The van der Waals surface area contributed by atoms with Gasteiger partial charge < -0.3 is 0 Å². The number of nitriles is 1. The van der Waals surface area contributed by atoms with E-state index in [0.29, 0.717) is 18.6 Å². The van der Waals surface area contributed by atoms with Gasteiger partial charge in [0.15, 0.2) is 0 Å². The average molecular weight is 225 g/mol. The lowest BCUT2D eigenvalue weighted by atomic mass is 10.3. The lowest BCUT2D eigenvalue weighted by molar-refractivity contribution is 0.594. The summed E-state index contributed by atoms with van der Waals surface area (Å²) in [6, 6.07) is 8.11. The second-order valence-corrected chi connectivity index (χ2v) is 4.63. The Labute approximate surface area is 91.2 Å². The topological polar surface area (TPSA) is 40.9 Å². The Morgan fingerprint density at radius 3 is 2.73 bits per heavy atom. The van der Waals surface area contributed by atoms with Crippen molar-refractivity contribution in [2.75, 3.05) is 5.75 Å². The second kappa shape index (κ2) is 6.31. The molecule has 15 heavy (non-hydrogen) atoms. The third-order valence-corrected chi connectivity index (χ3v) is 3.43. The van der Waals surface area contributed by atoms with Crippen LogP contribution in [0.2, 0.25) is 0 Å². The van der Waals surface area contributed by atoms with Gasteiger partial charge in [0.05, 0.1) is 21.8 Å². The summed E-state index contributed by atoms with van der Waals surface area (Å²) in [5.74, 6) is -0.00100. The maximum Gasteiger partial charge on any atom is 0.139 e. The minimum atomic E-state index is -1.28. The number of hydrogen-bond donors (Lipinski definition) is 0. The number of halogens is 1. The number of nitrogens with zero attached hydrogens (tertiary/aromatic N) is 1. The van der Waals surface area contributed by atoms with Crippen LogP contribution in [0.1, 0.15) is 19.3 Å². The highest BCUT2D eigenvalue weighted by molar-refractivity contribution is 7.85. The van der Waals surface area contributed by atoms with E-state index in [1.807, 2.05) is 6.07 Å². The number of unbranched alkanes of at least 4 members (excludes halogenated alkanes) is 2. The molecule has 0 fully saturated rings. The van der Waals surface area contributed by atoms with Crippen molar-refractivity contribution >= 4 is 10.8 Å². The van der Waals surface area contributed by atoms with E-state index in [0.717, 1.165) is 6.42 Å². The highest BCUT2D eigenvalue weighted by atomic mass is 32.2. The first kappa shape index (κ1) is 11.9. The van der Waals surface area contributed by atoms with Crippen LogP contribution in [0.3, 0.4) is 0 Å². The van der Waals surface area contributed by atoms with Gasteiger partial charge in [-0.1, -0.05) is 12.1 Å². The van der Waals surface area contributed by atoms with E-state index >= 15 is 0 Å². The van der Waals surface area contributed by atoms with E-state index < -0.39 is 16.6 Å². The summed E-state index contributed by atoms with van der Waals surface area (Å²) in [5, 5.41) is 8.31. The van der Waals surface area contributed by atoms with Crippen molar-refractivity contribution in [2.24, 2.45) is 0 Å². The molecule has 1 aromatic carbocycles. The molecule has 0 amide bonds. The van der Waals surface area contributed by atoms with E-state index in [1.54, 1.807) is 12.1 Å². The van der Waals surface area contributed by atoms with Gasteiger partial charge in [-0.3, -0.25) is 4.21 Å². The average Bonchev–Trinajstić information content (AvgIpc) is 2.25. The molecule has 1 unspecified atom stereocenters. The van der Waals surface area contributed by atoms with E-state index in [1.165, 1.54) is 12.1 Å². The van der Waals surface area contributed by atoms with Crippen molar-refractivity contribution < 1.29 is 8.60 Å². The van der Waals surface area contributed by atoms with Gasteiger partial charge in [0.25, 0.3) is 0 Å². The molecule has 0 spiro atoms. The summed E-state index contributed by atoms with van der Waals surface area (Å²) in [4.78, 5) is 0.259. The molecule has 0 heterocycles. The zero-order valence-electron chi connectivity index (χ0n) is 8.28. The molecule has 0 N–H and O–H groups in total. The van der Waals surface area contributed by atoms with Crippen molar-refractivity contribution in [2.45, 2.75) is 24.2 Å². The zero-order chi connectivity index (χ0) is 11.1. The predicted octanol–water partition coefficient (Wildman–Crippen LogP) is 2.63. The SMILES string of the molecule is N#CCCCCS(=O)c1ccccc1F. The zero-order valence-corrected chi connectivity index (χ0v) is 9.10. The Morgan fingerprint density at radius 1 is 1.33 bits per heavy atom. The number of hydrogen-bond acceptors (Lipinski definition) is 2. The molecule has 0 aliphatic rings. The van der Waals surface area contributed by atoms with Gasteiger partial charge in [-0.15, -0.1) is 0 Å². The van der Waals surface area contributed by atoms with Gasteiger partial charge in [0, 0.05) is 12.2 Å². The molecular formula is C11H12FNOS. The predicted molar refractivity (Wildman–Crippen MR) is 57.1 cm³/mol. The maximum absolute atomic E-state index is 13.2. The van der Waals surface area contributed by atoms with Crippen LogP contribution in [-0.4, -0.2) is 9.96 Å². The molecule has 0 saturated heterocycles. The smallest absolute Gasteiger partial charge is 0.139 e. The summed E-state index contributed by atoms with van der Waals surface area (Å²) in [6.07, 6.45) is 1.87. The molecule has 80 valence electrons. The van der Waals surface area contributed by atoms with E-state index in [-0.39, 0.29) is 4.90 Å². The second-order valence-electron chi connectivity index (χ2n) is 3.10. The van der Waals surface area contributed by atoms with Crippen LogP contribution >= 0.6 is 0 Å². The summed E-state index contributed by atoms with van der Waals surface area (Å²) >= 11 is 0. The van der Waals surface area contributed by atoms with Gasteiger partial charge >= 0.3 is 0 Å². The van der Waals surface area contributed by atoms with E-state index in [9.17, 15) is 8.60 Å². The summed E-state index contributed by atoms with van der Waals surface area (Å²) in [7, 11) is -1.28. The quantitative estimate of drug-likeness (QED) is 0.723. The van der Waals surface area contributed by atoms with Gasteiger partial charge in [-0.25, -0.2) is 4.39 Å². The van der Waals surface area contributed by atoms with Crippen LogP contribution < -0.4 is 0 Å². The van der Waals surface area contributed by atoms with Crippen molar-refractivity contribution in [3.8, 4) is 6.07 Å². The molecule has 0 aliphatic carbocycles. The third kappa shape index (κ3) is 3.80. The first-order valence-corrected chi connectivity index (χ1v) is 6.07. The van der Waals surface area contributed by atoms with Crippen LogP contribution in [-0.2, 0) is 10.8 Å². The van der Waals surface area contributed by atoms with Crippen molar-refractivity contribution in [1.82, 2.24) is 0 Å². The van der Waals surface area contributed by atoms with E-state index in [2.05, 4.69) is 0 Å². The Morgan fingerprint density at radius 2 is 2.07 bits per heavy atom. The van der Waals surface area contributed by atoms with Crippen LogP contribution in [0.25, 0.3) is 0 Å². The van der Waals surface area contributed by atoms with Gasteiger partial charge in [0.1, 0.15) is 5.82 Å². The maximum atomic E-state index is 13.2. The standard InChI is InChI=1S/C11H12FNOS/c12-10-6-2-3-7-11(10)15(14)9-5-1-4-8-13/h2-3,6-7H,1,4-5,9H2.